The lowest BCUT2D eigenvalue weighted by Gasteiger charge is -2.22. The van der Waals surface area contributed by atoms with Crippen molar-refractivity contribution in [1.82, 2.24) is 0 Å². The van der Waals surface area contributed by atoms with Crippen LogP contribution in [0.1, 0.15) is 50.7 Å². The molecule has 0 bridgehead atoms. The van der Waals surface area contributed by atoms with Crippen molar-refractivity contribution in [2.45, 2.75) is 53.4 Å². The van der Waals surface area contributed by atoms with Crippen LogP contribution in [0.15, 0.2) is 24.3 Å². The highest BCUT2D eigenvalue weighted by Crippen LogP contribution is 2.27. The van der Waals surface area contributed by atoms with E-state index in [4.69, 9.17) is 0 Å². The van der Waals surface area contributed by atoms with Crippen molar-refractivity contribution in [1.29, 1.82) is 0 Å². The molecule has 0 heteroatoms. The maximum Gasteiger partial charge on any atom is -0.0398 e. The molecule has 0 saturated heterocycles. The first-order chi connectivity index (χ1) is 7.58. The second kappa shape index (κ2) is 6.73. The third-order valence-corrected chi connectivity index (χ3v) is 3.52. The number of aryl methyl sites for hydroxylation is 2. The van der Waals surface area contributed by atoms with E-state index in [2.05, 4.69) is 52.0 Å². The van der Waals surface area contributed by atoms with Gasteiger partial charge in [-0.25, -0.2) is 0 Å². The Balaban J connectivity index is 0.000000160. The zero-order chi connectivity index (χ0) is 12.0. The summed E-state index contributed by atoms with van der Waals surface area (Å²) < 4.78 is 0. The van der Waals surface area contributed by atoms with E-state index < -0.39 is 0 Å². The van der Waals surface area contributed by atoms with Crippen LogP contribution in [0, 0.1) is 25.7 Å². The van der Waals surface area contributed by atoms with Gasteiger partial charge in [0.15, 0.2) is 0 Å². The van der Waals surface area contributed by atoms with E-state index in [1.807, 2.05) is 0 Å². The van der Waals surface area contributed by atoms with E-state index in [-0.39, 0.29) is 0 Å². The SMILES string of the molecule is CC1CCC(C)CC1.Cc1ccc(C)cc1. The molecule has 1 aromatic rings. The van der Waals surface area contributed by atoms with Crippen molar-refractivity contribution in [2.24, 2.45) is 11.8 Å². The van der Waals surface area contributed by atoms with Crippen molar-refractivity contribution in [3.63, 3.8) is 0 Å². The second-order valence-electron chi connectivity index (χ2n) is 5.52. The molecule has 0 radical (unpaired) electrons. The van der Waals surface area contributed by atoms with Crippen LogP contribution in [0.2, 0.25) is 0 Å². The fraction of sp³-hybridized carbons (Fsp3) is 0.625. The lowest BCUT2D eigenvalue weighted by atomic mass is 9.84. The minimum atomic E-state index is 1.02. The summed E-state index contributed by atoms with van der Waals surface area (Å²) in [5, 5.41) is 0. The zero-order valence-electron chi connectivity index (χ0n) is 11.3. The number of hydrogen-bond donors (Lipinski definition) is 0. The van der Waals surface area contributed by atoms with E-state index in [1.54, 1.807) is 0 Å². The Morgan fingerprint density at radius 3 is 1.19 bits per heavy atom. The van der Waals surface area contributed by atoms with Crippen molar-refractivity contribution < 1.29 is 0 Å². The summed E-state index contributed by atoms with van der Waals surface area (Å²) in [7, 11) is 0. The highest BCUT2D eigenvalue weighted by atomic mass is 14.2. The number of hydrogen-bond acceptors (Lipinski definition) is 0. The molecule has 0 heterocycles. The topological polar surface area (TPSA) is 0 Å². The molecule has 0 spiro atoms. The van der Waals surface area contributed by atoms with Gasteiger partial charge in [-0.15, -0.1) is 0 Å². The summed E-state index contributed by atoms with van der Waals surface area (Å²) in [6.45, 7) is 8.93. The first kappa shape index (κ1) is 13.3. The van der Waals surface area contributed by atoms with Gasteiger partial charge in [0, 0.05) is 0 Å². The molecule has 0 aromatic heterocycles. The summed E-state index contributed by atoms with van der Waals surface area (Å²) in [5.41, 5.74) is 2.66. The molecule has 1 aromatic carbocycles. The minimum Gasteiger partial charge on any atom is -0.0625 e. The van der Waals surface area contributed by atoms with Gasteiger partial charge in [0.1, 0.15) is 0 Å². The molecule has 90 valence electrons. The van der Waals surface area contributed by atoms with Gasteiger partial charge in [-0.1, -0.05) is 74.9 Å². The van der Waals surface area contributed by atoms with Crippen LogP contribution in [0.4, 0.5) is 0 Å². The Kier molecular flexibility index (Phi) is 5.59. The predicted molar refractivity (Wildman–Crippen MR) is 72.7 cm³/mol. The fourth-order valence-electron chi connectivity index (χ4n) is 2.06. The summed E-state index contributed by atoms with van der Waals surface area (Å²) in [5.74, 6) is 2.04. The monoisotopic (exact) mass is 218 g/mol. The number of rotatable bonds is 0. The highest BCUT2D eigenvalue weighted by Gasteiger charge is 2.13. The van der Waals surface area contributed by atoms with Crippen LogP contribution < -0.4 is 0 Å². The Morgan fingerprint density at radius 2 is 0.938 bits per heavy atom. The highest BCUT2D eigenvalue weighted by molar-refractivity contribution is 5.19. The van der Waals surface area contributed by atoms with Crippen LogP contribution in [0.25, 0.3) is 0 Å². The standard InChI is InChI=1S/C8H16.C8H10/c2*1-7-3-5-8(2)6-4-7/h7-8H,3-6H2,1-2H3;3-6H,1-2H3. The van der Waals surface area contributed by atoms with E-state index in [1.165, 1.54) is 36.8 Å². The minimum absolute atomic E-state index is 1.02. The van der Waals surface area contributed by atoms with Gasteiger partial charge in [0.2, 0.25) is 0 Å². The van der Waals surface area contributed by atoms with Crippen molar-refractivity contribution in [3.05, 3.63) is 35.4 Å². The van der Waals surface area contributed by atoms with Gasteiger partial charge in [0.25, 0.3) is 0 Å². The quantitative estimate of drug-likeness (QED) is 0.566. The van der Waals surface area contributed by atoms with Gasteiger partial charge >= 0.3 is 0 Å². The van der Waals surface area contributed by atoms with Crippen LogP contribution in [0.5, 0.6) is 0 Å². The van der Waals surface area contributed by atoms with Crippen molar-refractivity contribution in [2.75, 3.05) is 0 Å². The summed E-state index contributed by atoms with van der Waals surface area (Å²) in [4.78, 5) is 0. The average molecular weight is 218 g/mol. The van der Waals surface area contributed by atoms with Gasteiger partial charge in [-0.2, -0.15) is 0 Å². The molecule has 1 aliphatic carbocycles. The smallest absolute Gasteiger partial charge is 0.0398 e. The molecule has 1 fully saturated rings. The van der Waals surface area contributed by atoms with Crippen LogP contribution in [-0.4, -0.2) is 0 Å². The summed E-state index contributed by atoms with van der Waals surface area (Å²) in [6.07, 6.45) is 5.89. The predicted octanol–water partition coefficient (Wildman–Crippen LogP) is 5.14. The molecule has 2 rings (SSSR count). The maximum atomic E-state index is 2.37. The summed E-state index contributed by atoms with van der Waals surface area (Å²) in [6, 6.07) is 8.48. The molecule has 1 aliphatic rings. The van der Waals surface area contributed by atoms with Crippen LogP contribution in [-0.2, 0) is 0 Å². The molecule has 0 N–H and O–H groups in total. The Morgan fingerprint density at radius 1 is 0.688 bits per heavy atom. The zero-order valence-corrected chi connectivity index (χ0v) is 11.3. The molecule has 0 amide bonds. The molecule has 16 heavy (non-hydrogen) atoms. The fourth-order valence-corrected chi connectivity index (χ4v) is 2.06. The summed E-state index contributed by atoms with van der Waals surface area (Å²) >= 11 is 0. The molecular formula is C16H26. The molecule has 0 aliphatic heterocycles. The van der Waals surface area contributed by atoms with E-state index in [9.17, 15) is 0 Å². The average Bonchev–Trinajstić information content (AvgIpc) is 2.28. The lowest BCUT2D eigenvalue weighted by Crippen LogP contribution is -2.08. The van der Waals surface area contributed by atoms with Crippen LogP contribution in [0.3, 0.4) is 0 Å². The Bertz CT molecular complexity index is 244. The second-order valence-corrected chi connectivity index (χ2v) is 5.52. The first-order valence-electron chi connectivity index (χ1n) is 6.61. The molecular weight excluding hydrogens is 192 g/mol. The van der Waals surface area contributed by atoms with Gasteiger partial charge in [0.05, 0.1) is 0 Å². The van der Waals surface area contributed by atoms with E-state index in [0.717, 1.165) is 11.8 Å². The van der Waals surface area contributed by atoms with Gasteiger partial charge < -0.3 is 0 Å². The van der Waals surface area contributed by atoms with Crippen molar-refractivity contribution >= 4 is 0 Å². The lowest BCUT2D eigenvalue weighted by molar-refractivity contribution is 0.308. The number of benzene rings is 1. The maximum absolute atomic E-state index is 2.37. The molecule has 0 atom stereocenters. The van der Waals surface area contributed by atoms with Gasteiger partial charge in [-0.3, -0.25) is 0 Å². The normalized spacial score (nSPS) is 24.5. The molecule has 0 nitrogen and oxygen atoms in total. The first-order valence-corrected chi connectivity index (χ1v) is 6.61. The largest absolute Gasteiger partial charge is 0.0625 e. The van der Waals surface area contributed by atoms with Gasteiger partial charge in [-0.05, 0) is 25.7 Å². The third kappa shape index (κ3) is 5.34. The van der Waals surface area contributed by atoms with E-state index in [0.29, 0.717) is 0 Å². The third-order valence-electron chi connectivity index (χ3n) is 3.52. The van der Waals surface area contributed by atoms with Crippen LogP contribution >= 0.6 is 0 Å². The van der Waals surface area contributed by atoms with E-state index >= 15 is 0 Å². The Labute approximate surface area is 101 Å². The van der Waals surface area contributed by atoms with Crippen molar-refractivity contribution in [3.8, 4) is 0 Å². The Hall–Kier alpha value is -0.780. The molecule has 0 unspecified atom stereocenters. The molecule has 1 saturated carbocycles.